The second kappa shape index (κ2) is 3.90. The molecule has 0 bridgehead atoms. The van der Waals surface area contributed by atoms with Gasteiger partial charge >= 0.3 is 0 Å². The van der Waals surface area contributed by atoms with Crippen LogP contribution in [0.4, 0.5) is 0 Å². The van der Waals surface area contributed by atoms with Gasteiger partial charge in [0.05, 0.1) is 7.85 Å². The van der Waals surface area contributed by atoms with Gasteiger partial charge in [-0.05, 0) is 35.0 Å². The molecule has 0 amide bonds. The Hall–Kier alpha value is -0.315. The molecule has 0 heterocycles. The number of carbonyl (C=O) groups excluding carboxylic acids is 1. The zero-order valence-corrected chi connectivity index (χ0v) is 8.04. The maximum absolute atomic E-state index is 11.1. The fraction of sp³-hybridized carbons (Fsp3) is 0.125. The third kappa shape index (κ3) is 2.05. The molecule has 0 aromatic heterocycles. The lowest BCUT2D eigenvalue weighted by Crippen LogP contribution is -1.99. The third-order valence-corrected chi connectivity index (χ3v) is 2.30. The minimum atomic E-state index is -0.00463. The van der Waals surface area contributed by atoms with E-state index in [-0.39, 0.29) is 12.1 Å². The largest absolute Gasteiger partial charge is 0.295 e. The van der Waals surface area contributed by atoms with Gasteiger partial charge in [0.25, 0.3) is 0 Å². The zero-order valence-electron chi connectivity index (χ0n) is 5.88. The fourth-order valence-corrected chi connectivity index (χ4v) is 1.49. The zero-order chi connectivity index (χ0) is 8.27. The van der Waals surface area contributed by atoms with Gasteiger partial charge < -0.3 is 0 Å². The van der Waals surface area contributed by atoms with Gasteiger partial charge in [0.1, 0.15) is 0 Å². The highest BCUT2D eigenvalue weighted by Crippen LogP contribution is 2.12. The van der Waals surface area contributed by atoms with E-state index in [4.69, 9.17) is 7.85 Å². The first-order valence-electron chi connectivity index (χ1n) is 3.23. The summed E-state index contributed by atoms with van der Waals surface area (Å²) >= 11 is 2.12. The first kappa shape index (κ1) is 8.78. The molecule has 0 aliphatic rings. The summed E-state index contributed by atoms with van der Waals surface area (Å²) in [5.74, 6) is -0.00463. The molecule has 0 atom stereocenters. The monoisotopic (exact) mass is 256 g/mol. The Morgan fingerprint density at radius 2 is 2.09 bits per heavy atom. The number of carbonyl (C=O) groups is 1. The van der Waals surface area contributed by atoms with Crippen LogP contribution in [0, 0.1) is 3.57 Å². The lowest BCUT2D eigenvalue weighted by atomic mass is 9.96. The number of Topliss-reactive ketones (excluding diaryl/α,β-unsaturated/α-hetero) is 1. The maximum atomic E-state index is 11.1. The van der Waals surface area contributed by atoms with Crippen LogP contribution >= 0.6 is 22.6 Å². The quantitative estimate of drug-likeness (QED) is 0.449. The molecule has 1 rings (SSSR count). The highest BCUT2D eigenvalue weighted by atomic mass is 127. The van der Waals surface area contributed by atoms with Crippen LogP contribution in [0.25, 0.3) is 0 Å². The van der Waals surface area contributed by atoms with Gasteiger partial charge in [-0.15, -0.1) is 0 Å². The van der Waals surface area contributed by atoms with Crippen molar-refractivity contribution < 1.29 is 4.79 Å². The molecule has 54 valence electrons. The number of hydrogen-bond donors (Lipinski definition) is 0. The van der Waals surface area contributed by atoms with Crippen molar-refractivity contribution >= 4 is 36.2 Å². The smallest absolute Gasteiger partial charge is 0.155 e. The molecular formula is C8H6BIO. The summed E-state index contributed by atoms with van der Waals surface area (Å²) in [6.45, 7) is 0. The van der Waals surface area contributed by atoms with Crippen LogP contribution in [0.15, 0.2) is 24.3 Å². The number of rotatable bonds is 2. The standard InChI is InChI=1S/C8H6BIO/c9-5-8(11)6-3-1-2-4-7(6)10/h1-4H,5H2. The molecule has 2 radical (unpaired) electrons. The van der Waals surface area contributed by atoms with Gasteiger partial charge in [0, 0.05) is 9.13 Å². The van der Waals surface area contributed by atoms with Crippen molar-refractivity contribution in [1.82, 2.24) is 0 Å². The number of hydrogen-bond acceptors (Lipinski definition) is 1. The molecule has 0 fully saturated rings. The average Bonchev–Trinajstić information content (AvgIpc) is 2.04. The first-order valence-corrected chi connectivity index (χ1v) is 4.31. The molecule has 0 spiro atoms. The van der Waals surface area contributed by atoms with E-state index in [2.05, 4.69) is 22.6 Å². The predicted octanol–water partition coefficient (Wildman–Crippen LogP) is 2.06. The van der Waals surface area contributed by atoms with E-state index in [0.29, 0.717) is 0 Å². The van der Waals surface area contributed by atoms with Gasteiger partial charge in [-0.3, -0.25) is 4.79 Å². The van der Waals surface area contributed by atoms with Crippen LogP contribution in [0.2, 0.25) is 6.32 Å². The minimum Gasteiger partial charge on any atom is -0.295 e. The summed E-state index contributed by atoms with van der Waals surface area (Å²) in [6.07, 6.45) is 0.0833. The summed E-state index contributed by atoms with van der Waals surface area (Å²) in [7, 11) is 5.22. The second-order valence-corrected chi connectivity index (χ2v) is 3.27. The van der Waals surface area contributed by atoms with Crippen LogP contribution in [0.3, 0.4) is 0 Å². The summed E-state index contributed by atoms with van der Waals surface area (Å²) < 4.78 is 0.959. The molecule has 0 aliphatic carbocycles. The van der Waals surface area contributed by atoms with E-state index in [1.807, 2.05) is 18.2 Å². The Kier molecular flexibility index (Phi) is 3.11. The van der Waals surface area contributed by atoms with Gasteiger partial charge in [-0.2, -0.15) is 0 Å². The molecule has 1 aromatic rings. The Labute approximate surface area is 80.7 Å². The van der Waals surface area contributed by atoms with Gasteiger partial charge in [0.15, 0.2) is 5.78 Å². The van der Waals surface area contributed by atoms with Crippen molar-refractivity contribution in [3.63, 3.8) is 0 Å². The molecular weight excluding hydrogens is 250 g/mol. The van der Waals surface area contributed by atoms with Crippen molar-refractivity contribution in [1.29, 1.82) is 0 Å². The second-order valence-electron chi connectivity index (χ2n) is 2.11. The minimum absolute atomic E-state index is 0.00463. The Morgan fingerprint density at radius 1 is 1.45 bits per heavy atom. The molecule has 0 aliphatic heterocycles. The SMILES string of the molecule is [B]CC(=O)c1ccccc1I. The van der Waals surface area contributed by atoms with Gasteiger partial charge in [-0.25, -0.2) is 0 Å². The van der Waals surface area contributed by atoms with Crippen molar-refractivity contribution in [3.8, 4) is 0 Å². The Morgan fingerprint density at radius 3 is 2.64 bits per heavy atom. The van der Waals surface area contributed by atoms with E-state index in [9.17, 15) is 4.79 Å². The molecule has 1 nitrogen and oxygen atoms in total. The molecule has 11 heavy (non-hydrogen) atoms. The van der Waals surface area contributed by atoms with E-state index < -0.39 is 0 Å². The highest BCUT2D eigenvalue weighted by molar-refractivity contribution is 14.1. The van der Waals surface area contributed by atoms with Crippen LogP contribution < -0.4 is 0 Å². The van der Waals surface area contributed by atoms with E-state index in [0.717, 1.165) is 9.13 Å². The Bertz CT molecular complexity index is 273. The Balaban J connectivity index is 3.03. The third-order valence-electron chi connectivity index (χ3n) is 1.36. The van der Waals surface area contributed by atoms with Crippen LogP contribution in [-0.2, 0) is 0 Å². The normalized spacial score (nSPS) is 9.55. The van der Waals surface area contributed by atoms with Crippen LogP contribution in [0.1, 0.15) is 10.4 Å². The molecule has 0 saturated heterocycles. The average molecular weight is 256 g/mol. The fourth-order valence-electron chi connectivity index (χ4n) is 0.797. The lowest BCUT2D eigenvalue weighted by Gasteiger charge is -1.99. The molecule has 0 N–H and O–H groups in total. The molecule has 3 heteroatoms. The van der Waals surface area contributed by atoms with Crippen LogP contribution in [0.5, 0.6) is 0 Å². The van der Waals surface area contributed by atoms with E-state index >= 15 is 0 Å². The van der Waals surface area contributed by atoms with Crippen molar-refractivity contribution in [2.75, 3.05) is 0 Å². The number of halogens is 1. The first-order chi connectivity index (χ1) is 5.25. The van der Waals surface area contributed by atoms with Gasteiger partial charge in [0.2, 0.25) is 0 Å². The van der Waals surface area contributed by atoms with Crippen LogP contribution in [-0.4, -0.2) is 13.6 Å². The summed E-state index contributed by atoms with van der Waals surface area (Å²) in [5.41, 5.74) is 0.718. The van der Waals surface area contributed by atoms with Gasteiger partial charge in [-0.1, -0.05) is 18.2 Å². The summed E-state index contributed by atoms with van der Waals surface area (Å²) in [4.78, 5) is 11.1. The van der Waals surface area contributed by atoms with Crippen molar-refractivity contribution in [2.24, 2.45) is 0 Å². The number of ketones is 1. The van der Waals surface area contributed by atoms with E-state index in [1.165, 1.54) is 0 Å². The predicted molar refractivity (Wildman–Crippen MR) is 54.1 cm³/mol. The molecule has 0 unspecified atom stereocenters. The van der Waals surface area contributed by atoms with Crippen molar-refractivity contribution in [3.05, 3.63) is 33.4 Å². The number of benzene rings is 1. The maximum Gasteiger partial charge on any atom is 0.155 e. The topological polar surface area (TPSA) is 17.1 Å². The van der Waals surface area contributed by atoms with E-state index in [1.54, 1.807) is 6.07 Å². The summed E-state index contributed by atoms with van der Waals surface area (Å²) in [6, 6.07) is 7.42. The summed E-state index contributed by atoms with van der Waals surface area (Å²) in [5, 5.41) is 0. The molecule has 0 saturated carbocycles. The highest BCUT2D eigenvalue weighted by Gasteiger charge is 2.04. The van der Waals surface area contributed by atoms with Crippen molar-refractivity contribution in [2.45, 2.75) is 6.32 Å². The lowest BCUT2D eigenvalue weighted by molar-refractivity contribution is 0.101. The molecule has 1 aromatic carbocycles.